The highest BCUT2D eigenvalue weighted by Gasteiger charge is 2.29. The second-order valence-electron chi connectivity index (χ2n) is 10.3. The lowest BCUT2D eigenvalue weighted by Gasteiger charge is -2.18. The number of rotatable bonds is 11. The Hall–Kier alpha value is -4.90. The molecule has 47 heavy (non-hydrogen) atoms. The SMILES string of the molecule is COC(=O)c1c(NC(=O)C(Sc2cccc(NC(=O)Cc3ccc(Cl)cc3)c2)c2ccccc2)sc(C(=O)Nc2ccccc2)c1C. The first-order valence-electron chi connectivity index (χ1n) is 14.5. The number of benzene rings is 4. The van der Waals surface area contributed by atoms with Gasteiger partial charge in [-0.2, -0.15) is 0 Å². The molecule has 0 aliphatic carbocycles. The molecule has 1 aromatic heterocycles. The molecular weight excluding hydrogens is 654 g/mol. The van der Waals surface area contributed by atoms with Gasteiger partial charge >= 0.3 is 5.97 Å². The van der Waals surface area contributed by atoms with Gasteiger partial charge in [0.05, 0.1) is 24.0 Å². The van der Waals surface area contributed by atoms with Crippen molar-refractivity contribution in [1.29, 1.82) is 0 Å². The highest BCUT2D eigenvalue weighted by Crippen LogP contribution is 2.40. The van der Waals surface area contributed by atoms with Crippen LogP contribution in [0.3, 0.4) is 0 Å². The predicted molar refractivity (Wildman–Crippen MR) is 189 cm³/mol. The number of nitrogens with one attached hydrogen (secondary N) is 3. The van der Waals surface area contributed by atoms with Crippen molar-refractivity contribution in [3.8, 4) is 0 Å². The van der Waals surface area contributed by atoms with E-state index in [9.17, 15) is 19.2 Å². The second kappa shape index (κ2) is 15.6. The van der Waals surface area contributed by atoms with Crippen LogP contribution in [0.4, 0.5) is 16.4 Å². The lowest BCUT2D eigenvalue weighted by atomic mass is 10.1. The van der Waals surface area contributed by atoms with Gasteiger partial charge in [0.15, 0.2) is 0 Å². The van der Waals surface area contributed by atoms with Gasteiger partial charge in [-0.1, -0.05) is 78.3 Å². The van der Waals surface area contributed by atoms with Crippen molar-refractivity contribution in [3.05, 3.63) is 141 Å². The minimum Gasteiger partial charge on any atom is -0.465 e. The van der Waals surface area contributed by atoms with E-state index >= 15 is 0 Å². The van der Waals surface area contributed by atoms with Crippen molar-refractivity contribution in [2.24, 2.45) is 0 Å². The predicted octanol–water partition coefficient (Wildman–Crippen LogP) is 8.40. The van der Waals surface area contributed by atoms with E-state index in [1.807, 2.05) is 42.5 Å². The van der Waals surface area contributed by atoms with E-state index in [1.54, 1.807) is 73.7 Å². The number of hydrogen-bond donors (Lipinski definition) is 3. The molecule has 3 amide bonds. The van der Waals surface area contributed by atoms with Crippen molar-refractivity contribution < 1.29 is 23.9 Å². The number of hydrogen-bond acceptors (Lipinski definition) is 7. The quantitative estimate of drug-likeness (QED) is 0.0952. The molecule has 8 nitrogen and oxygen atoms in total. The molecule has 5 rings (SSSR count). The Balaban J connectivity index is 1.38. The number of para-hydroxylation sites is 1. The summed E-state index contributed by atoms with van der Waals surface area (Å²) < 4.78 is 5.02. The number of carbonyl (C=O) groups is 4. The van der Waals surface area contributed by atoms with Gasteiger partial charge in [0, 0.05) is 21.3 Å². The van der Waals surface area contributed by atoms with Crippen LogP contribution in [0.2, 0.25) is 5.02 Å². The number of methoxy groups -OCH3 is 1. The van der Waals surface area contributed by atoms with Gasteiger partial charge in [0.1, 0.15) is 10.3 Å². The third-order valence-electron chi connectivity index (χ3n) is 7.00. The van der Waals surface area contributed by atoms with E-state index in [-0.39, 0.29) is 27.8 Å². The van der Waals surface area contributed by atoms with Gasteiger partial charge in [0.25, 0.3) is 5.91 Å². The molecule has 11 heteroatoms. The number of thiophene rings is 1. The molecular formula is C36H30ClN3O5S2. The maximum Gasteiger partial charge on any atom is 0.341 e. The van der Waals surface area contributed by atoms with Crippen LogP contribution in [0.1, 0.15) is 42.0 Å². The zero-order chi connectivity index (χ0) is 33.3. The third-order valence-corrected chi connectivity index (χ3v) is 9.71. The van der Waals surface area contributed by atoms with Crippen LogP contribution in [0, 0.1) is 6.92 Å². The van der Waals surface area contributed by atoms with E-state index in [0.717, 1.165) is 27.4 Å². The minimum absolute atomic E-state index is 0.117. The van der Waals surface area contributed by atoms with Gasteiger partial charge in [-0.3, -0.25) is 14.4 Å². The van der Waals surface area contributed by atoms with Gasteiger partial charge in [-0.15, -0.1) is 23.1 Å². The first-order chi connectivity index (χ1) is 22.7. The molecule has 0 bridgehead atoms. The van der Waals surface area contributed by atoms with Gasteiger partial charge in [-0.25, -0.2) is 4.79 Å². The fraction of sp³-hybridized carbons (Fsp3) is 0.111. The van der Waals surface area contributed by atoms with Gasteiger partial charge < -0.3 is 20.7 Å². The minimum atomic E-state index is -0.745. The molecule has 238 valence electrons. The summed E-state index contributed by atoms with van der Waals surface area (Å²) in [5, 5.41) is 8.72. The van der Waals surface area contributed by atoms with Crippen molar-refractivity contribution in [2.75, 3.05) is 23.1 Å². The molecule has 0 aliphatic heterocycles. The van der Waals surface area contributed by atoms with Crippen LogP contribution >= 0.6 is 34.7 Å². The van der Waals surface area contributed by atoms with E-state index in [1.165, 1.54) is 18.9 Å². The maximum absolute atomic E-state index is 14.0. The summed E-state index contributed by atoms with van der Waals surface area (Å²) in [4.78, 5) is 53.8. The standard InChI is InChI=1S/C36H30ClN3O5S2/c1-22-30(36(44)45-2)35(47-31(22)33(42)39-26-12-7-4-8-13-26)40-34(43)32(24-10-5-3-6-11-24)46-28-15-9-14-27(21-28)38-29(41)20-23-16-18-25(37)19-17-23/h3-19,21,32H,20H2,1-2H3,(H,38,41)(H,39,42)(H,40,43). The summed E-state index contributed by atoms with van der Waals surface area (Å²) in [5.41, 5.74) is 3.25. The van der Waals surface area contributed by atoms with Gasteiger partial charge in [-0.05, 0) is 66.1 Å². The fourth-order valence-electron chi connectivity index (χ4n) is 4.73. The van der Waals surface area contributed by atoms with E-state index in [0.29, 0.717) is 22.0 Å². The summed E-state index contributed by atoms with van der Waals surface area (Å²) in [5.74, 6) is -1.67. The molecule has 0 aliphatic rings. The van der Waals surface area contributed by atoms with Crippen molar-refractivity contribution in [3.63, 3.8) is 0 Å². The average Bonchev–Trinajstić information content (AvgIpc) is 3.40. The molecule has 1 heterocycles. The molecule has 1 atom stereocenters. The van der Waals surface area contributed by atoms with Crippen LogP contribution < -0.4 is 16.0 Å². The highest BCUT2D eigenvalue weighted by atomic mass is 35.5. The number of thioether (sulfide) groups is 1. The molecule has 3 N–H and O–H groups in total. The molecule has 0 fully saturated rings. The first kappa shape index (κ1) is 33.5. The topological polar surface area (TPSA) is 114 Å². The van der Waals surface area contributed by atoms with Crippen LogP contribution in [0.5, 0.6) is 0 Å². The molecule has 0 saturated carbocycles. The second-order valence-corrected chi connectivity index (χ2v) is 13.0. The smallest absolute Gasteiger partial charge is 0.341 e. The molecule has 0 radical (unpaired) electrons. The Bertz CT molecular complexity index is 1900. The molecule has 5 aromatic rings. The van der Waals surface area contributed by atoms with E-state index in [2.05, 4.69) is 16.0 Å². The monoisotopic (exact) mass is 683 g/mol. The van der Waals surface area contributed by atoms with Crippen LogP contribution in [0.25, 0.3) is 0 Å². The maximum atomic E-state index is 14.0. The average molecular weight is 684 g/mol. The van der Waals surface area contributed by atoms with Gasteiger partial charge in [0.2, 0.25) is 11.8 Å². The molecule has 4 aromatic carbocycles. The number of esters is 1. The number of carbonyl (C=O) groups excluding carboxylic acids is 4. The Morgan fingerprint density at radius 1 is 0.809 bits per heavy atom. The summed E-state index contributed by atoms with van der Waals surface area (Å²) >= 11 is 8.25. The number of anilines is 3. The highest BCUT2D eigenvalue weighted by molar-refractivity contribution is 8.00. The number of ether oxygens (including phenoxy) is 1. The Morgan fingerprint density at radius 3 is 2.15 bits per heavy atom. The zero-order valence-corrected chi connectivity index (χ0v) is 27.8. The van der Waals surface area contributed by atoms with E-state index in [4.69, 9.17) is 16.3 Å². The van der Waals surface area contributed by atoms with Crippen molar-refractivity contribution >= 4 is 74.8 Å². The lowest BCUT2D eigenvalue weighted by molar-refractivity contribution is -0.116. The van der Waals surface area contributed by atoms with Crippen LogP contribution in [-0.2, 0) is 20.7 Å². The number of amides is 3. The summed E-state index contributed by atoms with van der Waals surface area (Å²) in [7, 11) is 1.25. The lowest BCUT2D eigenvalue weighted by Crippen LogP contribution is -2.20. The largest absolute Gasteiger partial charge is 0.465 e. The summed E-state index contributed by atoms with van der Waals surface area (Å²) in [6, 6.07) is 32.5. The fourth-order valence-corrected chi connectivity index (χ4v) is 7.03. The van der Waals surface area contributed by atoms with Crippen LogP contribution in [0.15, 0.2) is 114 Å². The Morgan fingerprint density at radius 2 is 1.47 bits per heavy atom. The number of halogens is 1. The third kappa shape index (κ3) is 8.68. The molecule has 0 saturated heterocycles. The Kier molecular flexibility index (Phi) is 11.1. The van der Waals surface area contributed by atoms with Crippen LogP contribution in [-0.4, -0.2) is 30.8 Å². The molecule has 0 spiro atoms. The zero-order valence-electron chi connectivity index (χ0n) is 25.4. The van der Waals surface area contributed by atoms with Crippen molar-refractivity contribution in [1.82, 2.24) is 0 Å². The van der Waals surface area contributed by atoms with E-state index < -0.39 is 23.0 Å². The molecule has 1 unspecified atom stereocenters. The van der Waals surface area contributed by atoms with Crippen molar-refractivity contribution in [2.45, 2.75) is 23.5 Å². The Labute approximate surface area is 285 Å². The normalized spacial score (nSPS) is 11.3. The first-order valence-corrected chi connectivity index (χ1v) is 16.5. The summed E-state index contributed by atoms with van der Waals surface area (Å²) in [6.45, 7) is 1.65. The summed E-state index contributed by atoms with van der Waals surface area (Å²) in [6.07, 6.45) is 0.178.